The van der Waals surface area contributed by atoms with Crippen LogP contribution in [0.15, 0.2) is 30.3 Å². The van der Waals surface area contributed by atoms with Crippen molar-refractivity contribution in [2.45, 2.75) is 19.8 Å². The SMILES string of the molecule is CCCCN1C(=O)c2cccc3c(N4CCNCC4)ccc1c23. The number of rotatable bonds is 4. The van der Waals surface area contributed by atoms with Crippen LogP contribution in [-0.2, 0) is 0 Å². The van der Waals surface area contributed by atoms with E-state index in [0.717, 1.165) is 62.2 Å². The zero-order chi connectivity index (χ0) is 15.8. The van der Waals surface area contributed by atoms with E-state index in [0.29, 0.717) is 0 Å². The van der Waals surface area contributed by atoms with Gasteiger partial charge in [0.05, 0.1) is 5.69 Å². The van der Waals surface area contributed by atoms with Gasteiger partial charge in [0.1, 0.15) is 0 Å². The van der Waals surface area contributed by atoms with Crippen molar-refractivity contribution in [2.24, 2.45) is 0 Å². The Labute approximate surface area is 137 Å². The van der Waals surface area contributed by atoms with Crippen molar-refractivity contribution >= 4 is 28.1 Å². The van der Waals surface area contributed by atoms with Gasteiger partial charge in [0.2, 0.25) is 0 Å². The monoisotopic (exact) mass is 309 g/mol. The van der Waals surface area contributed by atoms with Crippen molar-refractivity contribution < 1.29 is 4.79 Å². The minimum atomic E-state index is 0.163. The average Bonchev–Trinajstić information content (AvgIpc) is 2.88. The van der Waals surface area contributed by atoms with Crippen LogP contribution >= 0.6 is 0 Å². The van der Waals surface area contributed by atoms with Gasteiger partial charge in [0.25, 0.3) is 5.91 Å². The molecule has 0 aliphatic carbocycles. The maximum absolute atomic E-state index is 12.8. The third-order valence-corrected chi connectivity index (χ3v) is 4.95. The highest BCUT2D eigenvalue weighted by atomic mass is 16.2. The molecule has 4 heteroatoms. The molecule has 0 saturated carbocycles. The highest BCUT2D eigenvalue weighted by molar-refractivity contribution is 6.26. The van der Waals surface area contributed by atoms with E-state index in [4.69, 9.17) is 0 Å². The Hall–Kier alpha value is -2.07. The lowest BCUT2D eigenvalue weighted by atomic mass is 10.0. The molecule has 1 saturated heterocycles. The molecule has 4 rings (SSSR count). The Kier molecular flexibility index (Phi) is 3.69. The van der Waals surface area contributed by atoms with Gasteiger partial charge >= 0.3 is 0 Å². The molecule has 0 aromatic heterocycles. The van der Waals surface area contributed by atoms with Crippen LogP contribution in [-0.4, -0.2) is 38.6 Å². The molecule has 0 bridgehead atoms. The summed E-state index contributed by atoms with van der Waals surface area (Å²) < 4.78 is 0. The number of nitrogens with one attached hydrogen (secondary N) is 1. The van der Waals surface area contributed by atoms with E-state index in [-0.39, 0.29) is 5.91 Å². The molecule has 120 valence electrons. The third kappa shape index (κ3) is 2.29. The standard InChI is InChI=1S/C19H23N3O/c1-2-3-11-22-17-8-7-16(21-12-9-20-10-13-21)14-5-4-6-15(18(14)17)19(22)23/h4-8,20H,2-3,9-13H2,1H3. The van der Waals surface area contributed by atoms with Crippen molar-refractivity contribution in [3.8, 4) is 0 Å². The first-order chi connectivity index (χ1) is 11.3. The summed E-state index contributed by atoms with van der Waals surface area (Å²) in [5, 5.41) is 5.76. The third-order valence-electron chi connectivity index (χ3n) is 4.95. The Morgan fingerprint density at radius 2 is 1.87 bits per heavy atom. The van der Waals surface area contributed by atoms with Gasteiger partial charge in [0.15, 0.2) is 0 Å². The number of anilines is 2. The molecule has 0 atom stereocenters. The van der Waals surface area contributed by atoms with Crippen molar-refractivity contribution in [1.29, 1.82) is 0 Å². The zero-order valence-electron chi connectivity index (χ0n) is 13.6. The van der Waals surface area contributed by atoms with Gasteiger partial charge < -0.3 is 15.1 Å². The lowest BCUT2D eigenvalue weighted by molar-refractivity contribution is 0.0993. The minimum Gasteiger partial charge on any atom is -0.368 e. The Balaban J connectivity index is 1.83. The molecule has 23 heavy (non-hydrogen) atoms. The van der Waals surface area contributed by atoms with Crippen LogP contribution in [0.4, 0.5) is 11.4 Å². The molecular formula is C19H23N3O. The molecule has 1 fully saturated rings. The van der Waals surface area contributed by atoms with Crippen LogP contribution in [0.2, 0.25) is 0 Å². The maximum atomic E-state index is 12.8. The van der Waals surface area contributed by atoms with Crippen LogP contribution in [0.3, 0.4) is 0 Å². The number of unbranched alkanes of at least 4 members (excludes halogenated alkanes) is 1. The second-order valence-electron chi connectivity index (χ2n) is 6.38. The lowest BCUT2D eigenvalue weighted by Crippen LogP contribution is -2.43. The number of amides is 1. The van der Waals surface area contributed by atoms with Gasteiger partial charge in [-0.1, -0.05) is 25.5 Å². The molecule has 0 unspecified atom stereocenters. The van der Waals surface area contributed by atoms with Crippen LogP contribution < -0.4 is 15.1 Å². The van der Waals surface area contributed by atoms with Crippen LogP contribution in [0, 0.1) is 0 Å². The molecule has 2 aromatic carbocycles. The Morgan fingerprint density at radius 3 is 2.65 bits per heavy atom. The molecule has 1 N–H and O–H groups in total. The summed E-state index contributed by atoms with van der Waals surface area (Å²) in [6.07, 6.45) is 2.14. The largest absolute Gasteiger partial charge is 0.368 e. The first kappa shape index (κ1) is 14.5. The normalized spacial score (nSPS) is 17.3. The predicted molar refractivity (Wildman–Crippen MR) is 95.6 cm³/mol. The number of hydrogen-bond acceptors (Lipinski definition) is 3. The second-order valence-corrected chi connectivity index (χ2v) is 6.38. The van der Waals surface area contributed by atoms with E-state index in [1.54, 1.807) is 0 Å². The summed E-state index contributed by atoms with van der Waals surface area (Å²) in [6.45, 7) is 7.05. The van der Waals surface area contributed by atoms with E-state index in [1.807, 2.05) is 17.0 Å². The van der Waals surface area contributed by atoms with Crippen LogP contribution in [0.5, 0.6) is 0 Å². The van der Waals surface area contributed by atoms with E-state index in [9.17, 15) is 4.79 Å². The fraction of sp³-hybridized carbons (Fsp3) is 0.421. The van der Waals surface area contributed by atoms with Gasteiger partial charge in [0, 0.05) is 54.7 Å². The predicted octanol–water partition coefficient (Wildman–Crippen LogP) is 3.01. The lowest BCUT2D eigenvalue weighted by Gasteiger charge is -2.30. The molecular weight excluding hydrogens is 286 g/mol. The summed E-state index contributed by atoms with van der Waals surface area (Å²) in [4.78, 5) is 17.2. The van der Waals surface area contributed by atoms with E-state index in [2.05, 4.69) is 35.3 Å². The summed E-state index contributed by atoms with van der Waals surface area (Å²) in [7, 11) is 0. The van der Waals surface area contributed by atoms with E-state index in [1.165, 1.54) is 11.1 Å². The zero-order valence-corrected chi connectivity index (χ0v) is 13.6. The number of carbonyl (C=O) groups excluding carboxylic acids is 1. The molecule has 0 spiro atoms. The fourth-order valence-corrected chi connectivity index (χ4v) is 3.75. The minimum absolute atomic E-state index is 0.163. The average molecular weight is 309 g/mol. The highest BCUT2D eigenvalue weighted by Crippen LogP contribution is 2.41. The molecule has 0 radical (unpaired) electrons. The first-order valence-corrected chi connectivity index (χ1v) is 8.64. The van der Waals surface area contributed by atoms with Gasteiger partial charge in [-0.25, -0.2) is 0 Å². The summed E-state index contributed by atoms with van der Waals surface area (Å²) in [6, 6.07) is 10.5. The summed E-state index contributed by atoms with van der Waals surface area (Å²) >= 11 is 0. The highest BCUT2D eigenvalue weighted by Gasteiger charge is 2.30. The molecule has 4 nitrogen and oxygen atoms in total. The Morgan fingerprint density at radius 1 is 1.09 bits per heavy atom. The topological polar surface area (TPSA) is 35.6 Å². The summed E-state index contributed by atoms with van der Waals surface area (Å²) in [5.41, 5.74) is 3.22. The van der Waals surface area contributed by atoms with Gasteiger partial charge in [-0.2, -0.15) is 0 Å². The molecule has 2 aliphatic rings. The van der Waals surface area contributed by atoms with Crippen LogP contribution in [0.25, 0.3) is 10.8 Å². The maximum Gasteiger partial charge on any atom is 0.258 e. The van der Waals surface area contributed by atoms with Crippen molar-refractivity contribution in [3.05, 3.63) is 35.9 Å². The number of nitrogens with zero attached hydrogens (tertiary/aromatic N) is 2. The van der Waals surface area contributed by atoms with E-state index >= 15 is 0 Å². The second kappa shape index (κ2) is 5.85. The number of carbonyl (C=O) groups is 1. The number of piperazine rings is 1. The van der Waals surface area contributed by atoms with E-state index < -0.39 is 0 Å². The molecule has 2 heterocycles. The molecule has 2 aliphatic heterocycles. The number of hydrogen-bond donors (Lipinski definition) is 1. The fourth-order valence-electron chi connectivity index (χ4n) is 3.75. The quantitative estimate of drug-likeness (QED) is 0.943. The van der Waals surface area contributed by atoms with Gasteiger partial charge in [-0.3, -0.25) is 4.79 Å². The van der Waals surface area contributed by atoms with Gasteiger partial charge in [-0.15, -0.1) is 0 Å². The van der Waals surface area contributed by atoms with Crippen molar-refractivity contribution in [3.63, 3.8) is 0 Å². The van der Waals surface area contributed by atoms with Crippen molar-refractivity contribution in [1.82, 2.24) is 5.32 Å². The van der Waals surface area contributed by atoms with Gasteiger partial charge in [-0.05, 0) is 24.6 Å². The smallest absolute Gasteiger partial charge is 0.258 e. The first-order valence-electron chi connectivity index (χ1n) is 8.64. The summed E-state index contributed by atoms with van der Waals surface area (Å²) in [5.74, 6) is 0.163. The van der Waals surface area contributed by atoms with Crippen LogP contribution in [0.1, 0.15) is 30.1 Å². The molecule has 1 amide bonds. The van der Waals surface area contributed by atoms with Crippen molar-refractivity contribution in [2.75, 3.05) is 42.5 Å². The number of benzene rings is 2. The molecule has 2 aromatic rings. The Bertz CT molecular complexity index is 750.